The molecule has 8 nitrogen and oxygen atoms in total. The van der Waals surface area contributed by atoms with E-state index in [2.05, 4.69) is 26.1 Å². The summed E-state index contributed by atoms with van der Waals surface area (Å²) < 4.78 is 18.4. The van der Waals surface area contributed by atoms with Crippen LogP contribution in [0.5, 0.6) is 0 Å². The van der Waals surface area contributed by atoms with Crippen LogP contribution in [0.1, 0.15) is 5.69 Å². The summed E-state index contributed by atoms with van der Waals surface area (Å²) in [5, 5.41) is 26.2. The lowest BCUT2D eigenvalue weighted by molar-refractivity contribution is 0.297. The topological polar surface area (TPSA) is 122 Å². The van der Waals surface area contributed by atoms with Gasteiger partial charge in [-0.3, -0.25) is 0 Å². The van der Waals surface area contributed by atoms with Crippen molar-refractivity contribution in [1.29, 1.82) is 0 Å². The van der Waals surface area contributed by atoms with Crippen molar-refractivity contribution in [1.82, 2.24) is 15.6 Å². The van der Waals surface area contributed by atoms with Crippen LogP contribution in [-0.4, -0.2) is 38.8 Å². The Morgan fingerprint density at radius 1 is 1.50 bits per heavy atom. The van der Waals surface area contributed by atoms with Crippen LogP contribution in [0, 0.1) is 9.39 Å². The van der Waals surface area contributed by atoms with E-state index < -0.39 is 0 Å². The molecule has 1 heterocycles. The third kappa shape index (κ3) is 5.17. The Morgan fingerprint density at radius 2 is 2.29 bits per heavy atom. The number of nitrogens with zero attached hydrogens (tertiary/aromatic N) is 3. The number of anilines is 1. The molecule has 0 amide bonds. The number of benzene rings is 1. The van der Waals surface area contributed by atoms with E-state index in [-0.39, 0.29) is 22.5 Å². The van der Waals surface area contributed by atoms with Crippen LogP contribution in [0.2, 0.25) is 0 Å². The first-order valence-corrected chi connectivity index (χ1v) is 8.91. The molecule has 0 aliphatic carbocycles. The number of amidine groups is 1. The molecule has 0 atom stereocenters. The Balaban J connectivity index is 2.07. The van der Waals surface area contributed by atoms with Gasteiger partial charge in [-0.25, -0.2) is 9.02 Å². The summed E-state index contributed by atoms with van der Waals surface area (Å²) in [5.41, 5.74) is 6.10. The molecule has 128 valence electrons. The number of rotatable bonds is 6. The van der Waals surface area contributed by atoms with Crippen LogP contribution in [-0.2, 0) is 0 Å². The second-order valence-electron chi connectivity index (χ2n) is 4.26. The van der Waals surface area contributed by atoms with Crippen molar-refractivity contribution in [3.8, 4) is 0 Å². The molecule has 12 heteroatoms. The number of nitrogens with two attached hydrogens (primary N) is 1. The first-order chi connectivity index (χ1) is 11.5. The number of nitrogens with one attached hydrogen (secondary N) is 2. The first kappa shape index (κ1) is 18.7. The molecule has 5 N–H and O–H groups in total. The molecular formula is C12H12FIN6O2S2. The van der Waals surface area contributed by atoms with Crippen molar-refractivity contribution in [3.63, 3.8) is 0 Å². The second kappa shape index (κ2) is 8.98. The predicted octanol–water partition coefficient (Wildman–Crippen LogP) is 1.99. The average Bonchev–Trinajstić information content (AvgIpc) is 3.00. The molecule has 2 aromatic rings. The monoisotopic (exact) mass is 482 g/mol. The minimum atomic E-state index is -0.340. The third-order valence-electron chi connectivity index (χ3n) is 2.61. The van der Waals surface area contributed by atoms with Gasteiger partial charge in [-0.05, 0) is 63.3 Å². The number of thiocarbonyl (C=S) groups is 1. The molecular weight excluding hydrogens is 470 g/mol. The Hall–Kier alpha value is -1.67. The van der Waals surface area contributed by atoms with Crippen LogP contribution in [0.15, 0.2) is 33.0 Å². The van der Waals surface area contributed by atoms with E-state index in [1.807, 2.05) is 22.6 Å². The summed E-state index contributed by atoms with van der Waals surface area (Å²) in [7, 11) is 0. The molecule has 0 radical (unpaired) electrons. The standard InChI is InChI=1S/C12H12FIN6O2S2/c13-7-2-1-6(5-8(7)14)17-10(18-21)9-11(20-22-19-9)24-4-3-16-12(15)23/h1-2,5,21H,3-4H2,(H,17,18)(H3,15,16,23). The van der Waals surface area contributed by atoms with Crippen molar-refractivity contribution in [2.45, 2.75) is 5.03 Å². The van der Waals surface area contributed by atoms with Crippen molar-refractivity contribution >= 4 is 63.2 Å². The van der Waals surface area contributed by atoms with Gasteiger partial charge in [0, 0.05) is 18.0 Å². The van der Waals surface area contributed by atoms with Crippen LogP contribution in [0.3, 0.4) is 0 Å². The molecule has 0 aliphatic rings. The molecule has 1 aromatic heterocycles. The Morgan fingerprint density at radius 3 is 2.96 bits per heavy atom. The maximum absolute atomic E-state index is 13.3. The van der Waals surface area contributed by atoms with E-state index >= 15 is 0 Å². The summed E-state index contributed by atoms with van der Waals surface area (Å²) in [6, 6.07) is 4.37. The zero-order chi connectivity index (χ0) is 17.5. The summed E-state index contributed by atoms with van der Waals surface area (Å²) in [6.07, 6.45) is 0. The summed E-state index contributed by atoms with van der Waals surface area (Å²) >= 11 is 7.89. The highest BCUT2D eigenvalue weighted by Crippen LogP contribution is 2.21. The van der Waals surface area contributed by atoms with E-state index in [1.54, 1.807) is 6.07 Å². The van der Waals surface area contributed by atoms with Crippen LogP contribution < -0.4 is 16.4 Å². The number of oxime groups is 1. The van der Waals surface area contributed by atoms with Gasteiger partial charge in [0.15, 0.2) is 15.8 Å². The van der Waals surface area contributed by atoms with Gasteiger partial charge in [-0.1, -0.05) is 16.9 Å². The molecule has 1 aromatic carbocycles. The zero-order valence-corrected chi connectivity index (χ0v) is 15.8. The highest BCUT2D eigenvalue weighted by Gasteiger charge is 2.18. The normalized spacial score (nSPS) is 11.3. The highest BCUT2D eigenvalue weighted by molar-refractivity contribution is 14.1. The van der Waals surface area contributed by atoms with Gasteiger partial charge in [-0.2, -0.15) is 0 Å². The lowest BCUT2D eigenvalue weighted by Crippen LogP contribution is -2.30. The number of hydrogen-bond acceptors (Lipinski definition) is 7. The Kier molecular flexibility index (Phi) is 6.99. The van der Waals surface area contributed by atoms with Crippen LogP contribution >= 0.6 is 46.6 Å². The fourth-order valence-corrected chi connectivity index (χ4v) is 2.96. The maximum atomic E-state index is 13.3. The molecule has 0 fully saturated rings. The quantitative estimate of drug-likeness (QED) is 0.0716. The predicted molar refractivity (Wildman–Crippen MR) is 101 cm³/mol. The molecule has 0 saturated heterocycles. The smallest absolute Gasteiger partial charge is 0.202 e. The lowest BCUT2D eigenvalue weighted by Gasteiger charge is -2.07. The molecule has 2 rings (SSSR count). The first-order valence-electron chi connectivity index (χ1n) is 6.44. The Bertz CT molecular complexity index is 757. The van der Waals surface area contributed by atoms with Crippen LogP contribution in [0.4, 0.5) is 10.1 Å². The van der Waals surface area contributed by atoms with Crippen LogP contribution in [0.25, 0.3) is 0 Å². The molecule has 0 spiro atoms. The minimum absolute atomic E-state index is 0.0310. The maximum Gasteiger partial charge on any atom is 0.202 e. The van der Waals surface area contributed by atoms with Crippen molar-refractivity contribution in [3.05, 3.63) is 33.3 Å². The molecule has 24 heavy (non-hydrogen) atoms. The number of thioether (sulfide) groups is 1. The van der Waals surface area contributed by atoms with E-state index in [4.69, 9.17) is 22.6 Å². The van der Waals surface area contributed by atoms with Gasteiger partial charge in [-0.15, -0.1) is 0 Å². The van der Waals surface area contributed by atoms with Crippen molar-refractivity contribution in [2.75, 3.05) is 17.6 Å². The van der Waals surface area contributed by atoms with Gasteiger partial charge in [0.1, 0.15) is 5.82 Å². The Labute approximate surface area is 159 Å². The van der Waals surface area contributed by atoms with Gasteiger partial charge in [0.05, 0.1) is 3.57 Å². The molecule has 0 unspecified atom stereocenters. The largest absolute Gasteiger partial charge is 0.409 e. The third-order valence-corrected chi connectivity index (χ3v) is 4.53. The molecule has 0 saturated carbocycles. The van der Waals surface area contributed by atoms with Gasteiger partial charge in [0.2, 0.25) is 5.84 Å². The van der Waals surface area contributed by atoms with Gasteiger partial charge in [0.25, 0.3) is 0 Å². The number of aromatic nitrogens is 2. The SMILES string of the molecule is NC(=S)NCCSc1nonc1/C(=N/O)Nc1ccc(F)c(I)c1. The van der Waals surface area contributed by atoms with E-state index in [1.165, 1.54) is 23.9 Å². The fraction of sp³-hybridized carbons (Fsp3) is 0.167. The van der Waals surface area contributed by atoms with Crippen molar-refractivity contribution < 1.29 is 14.2 Å². The second-order valence-corrected chi connectivity index (χ2v) is 6.95. The van der Waals surface area contributed by atoms with Crippen molar-refractivity contribution in [2.24, 2.45) is 10.9 Å². The summed E-state index contributed by atoms with van der Waals surface area (Å²) in [4.78, 5) is 0. The van der Waals surface area contributed by atoms with Gasteiger partial charge >= 0.3 is 0 Å². The average molecular weight is 482 g/mol. The highest BCUT2D eigenvalue weighted by atomic mass is 127. The van der Waals surface area contributed by atoms with Gasteiger partial charge < -0.3 is 21.6 Å². The lowest BCUT2D eigenvalue weighted by atomic mass is 10.3. The number of hydrogen-bond donors (Lipinski definition) is 4. The summed E-state index contributed by atoms with van der Waals surface area (Å²) in [6.45, 7) is 0.529. The van der Waals surface area contributed by atoms with E-state index in [9.17, 15) is 9.60 Å². The summed E-state index contributed by atoms with van der Waals surface area (Å²) in [5.74, 6) is 0.280. The zero-order valence-electron chi connectivity index (χ0n) is 12.0. The van der Waals surface area contributed by atoms with E-state index in [0.717, 1.165) is 0 Å². The molecule has 0 bridgehead atoms. The van der Waals surface area contributed by atoms with E-state index in [0.29, 0.717) is 26.6 Å². The minimum Gasteiger partial charge on any atom is -0.409 e. The molecule has 0 aliphatic heterocycles. The fourth-order valence-electron chi connectivity index (χ4n) is 1.58. The number of halogens is 2.